The second-order valence-electron chi connectivity index (χ2n) is 4.21. The van der Waals surface area contributed by atoms with Crippen molar-refractivity contribution in [2.24, 2.45) is 11.8 Å². The summed E-state index contributed by atoms with van der Waals surface area (Å²) in [6, 6.07) is 0.0593. The Balaban J connectivity index is 3.09. The van der Waals surface area contributed by atoms with E-state index in [-0.39, 0.29) is 6.04 Å². The summed E-state index contributed by atoms with van der Waals surface area (Å²) in [6.07, 6.45) is 2.78. The summed E-state index contributed by atoms with van der Waals surface area (Å²) in [5, 5.41) is 4.32. The van der Waals surface area contributed by atoms with Crippen molar-refractivity contribution < 1.29 is 4.74 Å². The largest absolute Gasteiger partial charge is 0.493 e. The van der Waals surface area contributed by atoms with E-state index >= 15 is 0 Å². The number of aromatic nitrogens is 2. The first-order valence-electron chi connectivity index (χ1n) is 5.71. The van der Waals surface area contributed by atoms with Crippen LogP contribution in [0.15, 0.2) is 6.20 Å². The van der Waals surface area contributed by atoms with Gasteiger partial charge in [0, 0.05) is 6.54 Å². The number of methoxy groups -OCH3 is 1. The molecule has 0 aliphatic heterocycles. The summed E-state index contributed by atoms with van der Waals surface area (Å²) in [6.45, 7) is 7.24. The lowest BCUT2D eigenvalue weighted by Gasteiger charge is -2.22. The number of hydrazine groups is 1. The minimum atomic E-state index is 0.0593. The van der Waals surface area contributed by atoms with Crippen molar-refractivity contribution in [3.05, 3.63) is 11.9 Å². The molecule has 3 N–H and O–H groups in total. The maximum Gasteiger partial charge on any atom is 0.161 e. The van der Waals surface area contributed by atoms with Crippen molar-refractivity contribution in [3.63, 3.8) is 0 Å². The van der Waals surface area contributed by atoms with Crippen molar-refractivity contribution in [2.45, 2.75) is 39.8 Å². The van der Waals surface area contributed by atoms with Crippen LogP contribution >= 0.6 is 0 Å². The highest BCUT2D eigenvalue weighted by Gasteiger charge is 2.23. The van der Waals surface area contributed by atoms with Crippen LogP contribution in [0.4, 0.5) is 0 Å². The Labute approximate surface area is 96.9 Å². The van der Waals surface area contributed by atoms with Crippen LogP contribution in [-0.4, -0.2) is 16.9 Å². The zero-order valence-corrected chi connectivity index (χ0v) is 10.5. The van der Waals surface area contributed by atoms with Crippen molar-refractivity contribution >= 4 is 0 Å². The van der Waals surface area contributed by atoms with E-state index in [9.17, 15) is 0 Å². The number of rotatable bonds is 6. The van der Waals surface area contributed by atoms with Gasteiger partial charge in [-0.2, -0.15) is 5.10 Å². The van der Waals surface area contributed by atoms with Crippen molar-refractivity contribution in [1.82, 2.24) is 15.2 Å². The van der Waals surface area contributed by atoms with Crippen molar-refractivity contribution in [3.8, 4) is 5.75 Å². The highest BCUT2D eigenvalue weighted by atomic mass is 16.5. The number of nitrogens with two attached hydrogens (primary N) is 1. The molecule has 0 bridgehead atoms. The third-order valence-corrected chi connectivity index (χ3v) is 2.64. The van der Waals surface area contributed by atoms with E-state index < -0.39 is 0 Å². The molecule has 5 heteroatoms. The van der Waals surface area contributed by atoms with Gasteiger partial charge in [-0.3, -0.25) is 16.0 Å². The standard InChI is InChI=1S/C11H22N4O/c1-5-6-15-11(9(16-4)7-13-15)10(14-12)8(2)3/h7-8,10,14H,5-6,12H2,1-4H3. The normalized spacial score (nSPS) is 13.1. The average molecular weight is 226 g/mol. The predicted octanol–water partition coefficient (Wildman–Crippen LogP) is 1.46. The summed E-state index contributed by atoms with van der Waals surface area (Å²) in [5.74, 6) is 6.78. The van der Waals surface area contributed by atoms with Crippen molar-refractivity contribution in [2.75, 3.05) is 7.11 Å². The Morgan fingerprint density at radius 3 is 2.69 bits per heavy atom. The fourth-order valence-corrected chi connectivity index (χ4v) is 1.83. The Morgan fingerprint density at radius 2 is 2.25 bits per heavy atom. The number of nitrogens with one attached hydrogen (secondary N) is 1. The lowest BCUT2D eigenvalue weighted by molar-refractivity contribution is 0.354. The molecule has 0 aliphatic rings. The summed E-state index contributed by atoms with van der Waals surface area (Å²) >= 11 is 0. The van der Waals surface area contributed by atoms with E-state index in [0.717, 1.165) is 24.4 Å². The molecule has 1 heterocycles. The molecule has 1 rings (SSSR count). The van der Waals surface area contributed by atoms with Crippen LogP contribution in [-0.2, 0) is 6.54 Å². The Bertz CT molecular complexity index is 322. The molecule has 5 nitrogen and oxygen atoms in total. The van der Waals surface area contributed by atoms with Crippen LogP contribution < -0.4 is 16.0 Å². The van der Waals surface area contributed by atoms with Gasteiger partial charge in [0.1, 0.15) is 0 Å². The molecular formula is C11H22N4O. The van der Waals surface area contributed by atoms with Crippen LogP contribution in [0, 0.1) is 5.92 Å². The monoisotopic (exact) mass is 226 g/mol. The maximum absolute atomic E-state index is 5.61. The first kappa shape index (κ1) is 13.0. The quantitative estimate of drug-likeness (QED) is 0.569. The molecule has 0 saturated heterocycles. The zero-order valence-electron chi connectivity index (χ0n) is 10.5. The molecule has 92 valence electrons. The fourth-order valence-electron chi connectivity index (χ4n) is 1.83. The number of ether oxygens (including phenoxy) is 1. The van der Waals surface area contributed by atoms with E-state index in [4.69, 9.17) is 10.6 Å². The van der Waals surface area contributed by atoms with E-state index in [1.54, 1.807) is 13.3 Å². The van der Waals surface area contributed by atoms with Crippen LogP contribution in [0.2, 0.25) is 0 Å². The molecule has 1 atom stereocenters. The fraction of sp³-hybridized carbons (Fsp3) is 0.727. The highest BCUT2D eigenvalue weighted by Crippen LogP contribution is 2.29. The molecule has 0 amide bonds. The van der Waals surface area contributed by atoms with Gasteiger partial charge in [-0.1, -0.05) is 20.8 Å². The minimum Gasteiger partial charge on any atom is -0.493 e. The van der Waals surface area contributed by atoms with Crippen LogP contribution in [0.3, 0.4) is 0 Å². The molecule has 0 saturated carbocycles. The van der Waals surface area contributed by atoms with Crippen LogP contribution in [0.5, 0.6) is 5.75 Å². The Morgan fingerprint density at radius 1 is 1.56 bits per heavy atom. The summed E-state index contributed by atoms with van der Waals surface area (Å²) < 4.78 is 7.29. The van der Waals surface area contributed by atoms with E-state index in [1.165, 1.54) is 0 Å². The highest BCUT2D eigenvalue weighted by molar-refractivity contribution is 5.28. The number of aryl methyl sites for hydroxylation is 1. The second kappa shape index (κ2) is 5.86. The van der Waals surface area contributed by atoms with Gasteiger partial charge < -0.3 is 4.74 Å². The van der Waals surface area contributed by atoms with Gasteiger partial charge in [0.25, 0.3) is 0 Å². The smallest absolute Gasteiger partial charge is 0.161 e. The Kier molecular flexibility index (Phi) is 4.76. The molecule has 16 heavy (non-hydrogen) atoms. The number of nitrogens with zero attached hydrogens (tertiary/aromatic N) is 2. The van der Waals surface area contributed by atoms with E-state index in [2.05, 4.69) is 31.3 Å². The van der Waals surface area contributed by atoms with E-state index in [1.807, 2.05) is 4.68 Å². The van der Waals surface area contributed by atoms with Gasteiger partial charge in [0.15, 0.2) is 5.75 Å². The van der Waals surface area contributed by atoms with Gasteiger partial charge in [-0.25, -0.2) is 0 Å². The molecular weight excluding hydrogens is 204 g/mol. The molecule has 0 aliphatic carbocycles. The molecule has 0 radical (unpaired) electrons. The number of hydrogen-bond acceptors (Lipinski definition) is 4. The van der Waals surface area contributed by atoms with Crippen molar-refractivity contribution in [1.29, 1.82) is 0 Å². The van der Waals surface area contributed by atoms with Gasteiger partial charge in [0.2, 0.25) is 0 Å². The van der Waals surface area contributed by atoms with E-state index in [0.29, 0.717) is 5.92 Å². The molecule has 1 unspecified atom stereocenters. The third kappa shape index (κ3) is 2.54. The molecule has 0 fully saturated rings. The first-order chi connectivity index (χ1) is 7.65. The lowest BCUT2D eigenvalue weighted by atomic mass is 10.0. The lowest BCUT2D eigenvalue weighted by Crippen LogP contribution is -2.33. The van der Waals surface area contributed by atoms with Crippen LogP contribution in [0.25, 0.3) is 0 Å². The summed E-state index contributed by atoms with van der Waals surface area (Å²) in [4.78, 5) is 0. The van der Waals surface area contributed by atoms with Gasteiger partial charge in [0.05, 0.1) is 25.0 Å². The summed E-state index contributed by atoms with van der Waals surface area (Å²) in [5.41, 5.74) is 3.87. The number of hydrogen-bond donors (Lipinski definition) is 2. The molecule has 1 aromatic rings. The SMILES string of the molecule is CCCn1ncc(OC)c1C(NN)C(C)C. The molecule has 1 aromatic heterocycles. The average Bonchev–Trinajstić information content (AvgIpc) is 2.63. The van der Waals surface area contributed by atoms with Crippen LogP contribution in [0.1, 0.15) is 38.9 Å². The summed E-state index contributed by atoms with van der Waals surface area (Å²) in [7, 11) is 1.66. The zero-order chi connectivity index (χ0) is 12.1. The Hall–Kier alpha value is -1.07. The third-order valence-electron chi connectivity index (χ3n) is 2.64. The molecule has 0 spiro atoms. The first-order valence-corrected chi connectivity index (χ1v) is 5.71. The van der Waals surface area contributed by atoms with Gasteiger partial charge in [-0.15, -0.1) is 0 Å². The van der Waals surface area contributed by atoms with Gasteiger partial charge in [-0.05, 0) is 12.3 Å². The van der Waals surface area contributed by atoms with Gasteiger partial charge >= 0.3 is 0 Å². The topological polar surface area (TPSA) is 65.1 Å². The second-order valence-corrected chi connectivity index (χ2v) is 4.21. The predicted molar refractivity (Wildman–Crippen MR) is 64.0 cm³/mol. The minimum absolute atomic E-state index is 0.0593. The maximum atomic E-state index is 5.61. The molecule has 0 aromatic carbocycles.